The Morgan fingerprint density at radius 2 is 0.594 bits per heavy atom. The number of carbonyl (C=O) groups excluding carboxylic acids is 1. The number of hydrogen-bond donors (Lipinski definition) is 4. The first kappa shape index (κ1) is 23.8. The molecular formula is C17H4F6O9. The highest BCUT2D eigenvalue weighted by atomic mass is 19.2. The van der Waals surface area contributed by atoms with Gasteiger partial charge in [0.05, 0.1) is 22.3 Å². The van der Waals surface area contributed by atoms with E-state index >= 15 is 0 Å². The first-order valence-electron chi connectivity index (χ1n) is 7.55. The average molecular weight is 466 g/mol. The zero-order valence-electron chi connectivity index (χ0n) is 14.6. The molecule has 2 aromatic rings. The van der Waals surface area contributed by atoms with E-state index in [1.165, 1.54) is 0 Å². The number of halogens is 6. The van der Waals surface area contributed by atoms with Crippen LogP contribution in [0.4, 0.5) is 26.3 Å². The fourth-order valence-electron chi connectivity index (χ4n) is 2.70. The van der Waals surface area contributed by atoms with Gasteiger partial charge >= 0.3 is 23.9 Å². The monoisotopic (exact) mass is 466 g/mol. The zero-order valence-corrected chi connectivity index (χ0v) is 14.6. The number of benzene rings is 2. The van der Waals surface area contributed by atoms with Crippen LogP contribution in [0.25, 0.3) is 0 Å². The Balaban J connectivity index is 3.19. The summed E-state index contributed by atoms with van der Waals surface area (Å²) >= 11 is 0. The van der Waals surface area contributed by atoms with E-state index in [0.717, 1.165) is 0 Å². The van der Waals surface area contributed by atoms with E-state index in [1.807, 2.05) is 0 Å². The third-order valence-electron chi connectivity index (χ3n) is 3.96. The Morgan fingerprint density at radius 1 is 0.375 bits per heavy atom. The van der Waals surface area contributed by atoms with Crippen LogP contribution in [-0.2, 0) is 0 Å². The van der Waals surface area contributed by atoms with Gasteiger partial charge in [0.1, 0.15) is 11.1 Å². The third-order valence-corrected chi connectivity index (χ3v) is 3.96. The number of carboxylic acids is 4. The first-order chi connectivity index (χ1) is 14.7. The predicted octanol–water partition coefficient (Wildman–Crippen LogP) is 2.55. The minimum atomic E-state index is -2.77. The summed E-state index contributed by atoms with van der Waals surface area (Å²) < 4.78 is 84.0. The molecule has 0 heterocycles. The van der Waals surface area contributed by atoms with Crippen molar-refractivity contribution in [1.29, 1.82) is 0 Å². The molecule has 0 fully saturated rings. The van der Waals surface area contributed by atoms with E-state index in [4.69, 9.17) is 20.4 Å². The second kappa shape index (κ2) is 8.01. The van der Waals surface area contributed by atoms with Crippen molar-refractivity contribution < 1.29 is 70.7 Å². The van der Waals surface area contributed by atoms with Gasteiger partial charge in [0.15, 0.2) is 34.9 Å². The molecule has 0 amide bonds. The van der Waals surface area contributed by atoms with E-state index in [1.54, 1.807) is 0 Å². The van der Waals surface area contributed by atoms with Gasteiger partial charge in [-0.1, -0.05) is 0 Å². The van der Waals surface area contributed by atoms with Gasteiger partial charge in [-0.2, -0.15) is 0 Å². The first-order valence-corrected chi connectivity index (χ1v) is 7.55. The lowest BCUT2D eigenvalue weighted by Gasteiger charge is -2.15. The van der Waals surface area contributed by atoms with Crippen LogP contribution in [0, 0.1) is 34.9 Å². The molecule has 2 aromatic carbocycles. The molecular weight excluding hydrogens is 462 g/mol. The SMILES string of the molecule is O=C(O)c1c(F)c(F)c(F)c(C(=O)c2c(F)c(F)c(F)c(C(=O)O)c2C(=O)O)c1C(=O)O. The molecule has 0 bridgehead atoms. The van der Waals surface area contributed by atoms with Crippen molar-refractivity contribution in [3.05, 3.63) is 68.3 Å². The van der Waals surface area contributed by atoms with Gasteiger partial charge in [-0.15, -0.1) is 0 Å². The van der Waals surface area contributed by atoms with Crippen LogP contribution < -0.4 is 0 Å². The number of hydrogen-bond acceptors (Lipinski definition) is 5. The fourth-order valence-corrected chi connectivity index (χ4v) is 2.70. The van der Waals surface area contributed by atoms with E-state index in [9.17, 15) is 50.3 Å². The summed E-state index contributed by atoms with van der Waals surface area (Å²) in [5, 5.41) is 36.1. The van der Waals surface area contributed by atoms with Crippen LogP contribution in [0.2, 0.25) is 0 Å². The highest BCUT2D eigenvalue weighted by Gasteiger charge is 2.40. The Hall–Kier alpha value is -4.43. The Kier molecular flexibility index (Phi) is 5.97. The second-order valence-electron chi connectivity index (χ2n) is 5.68. The maximum atomic E-state index is 14.3. The maximum Gasteiger partial charge on any atom is 0.339 e. The number of aromatic carboxylic acids is 4. The molecule has 0 saturated carbocycles. The van der Waals surface area contributed by atoms with Crippen LogP contribution in [0.15, 0.2) is 0 Å². The smallest absolute Gasteiger partial charge is 0.339 e. The van der Waals surface area contributed by atoms with Gasteiger partial charge in [0.25, 0.3) is 0 Å². The molecule has 0 saturated heterocycles. The summed E-state index contributed by atoms with van der Waals surface area (Å²) in [4.78, 5) is 57.7. The van der Waals surface area contributed by atoms with E-state index in [-0.39, 0.29) is 0 Å². The van der Waals surface area contributed by atoms with Crippen molar-refractivity contribution in [3.8, 4) is 0 Å². The van der Waals surface area contributed by atoms with Crippen molar-refractivity contribution in [2.24, 2.45) is 0 Å². The third kappa shape index (κ3) is 3.38. The van der Waals surface area contributed by atoms with Crippen LogP contribution in [-0.4, -0.2) is 50.1 Å². The number of carbonyl (C=O) groups is 5. The lowest BCUT2D eigenvalue weighted by Crippen LogP contribution is -2.25. The van der Waals surface area contributed by atoms with Crippen LogP contribution >= 0.6 is 0 Å². The minimum absolute atomic E-state index is 2.14. The number of rotatable bonds is 6. The molecule has 0 aliphatic heterocycles. The summed E-state index contributed by atoms with van der Waals surface area (Å²) in [5.41, 5.74) is -13.2. The molecule has 32 heavy (non-hydrogen) atoms. The molecule has 15 heteroatoms. The molecule has 9 nitrogen and oxygen atoms in total. The molecule has 0 aliphatic rings. The van der Waals surface area contributed by atoms with Gasteiger partial charge in [-0.25, -0.2) is 45.5 Å². The zero-order chi connectivity index (χ0) is 24.8. The van der Waals surface area contributed by atoms with Gasteiger partial charge in [-0.05, 0) is 0 Å². The van der Waals surface area contributed by atoms with Gasteiger partial charge in [-0.3, -0.25) is 4.79 Å². The Labute approximate surface area is 169 Å². The summed E-state index contributed by atoms with van der Waals surface area (Å²) in [6.45, 7) is 0. The predicted molar refractivity (Wildman–Crippen MR) is 83.9 cm³/mol. The highest BCUT2D eigenvalue weighted by molar-refractivity contribution is 6.21. The Morgan fingerprint density at radius 3 is 0.812 bits per heavy atom. The normalized spacial score (nSPS) is 10.7. The Bertz CT molecular complexity index is 1170. The quantitative estimate of drug-likeness (QED) is 0.284. The number of carboxylic acid groups (broad SMARTS) is 4. The largest absolute Gasteiger partial charge is 0.478 e. The lowest BCUT2D eigenvalue weighted by molar-refractivity contribution is 0.0640. The van der Waals surface area contributed by atoms with Crippen molar-refractivity contribution in [2.45, 2.75) is 0 Å². The molecule has 2 rings (SSSR count). The second-order valence-corrected chi connectivity index (χ2v) is 5.68. The molecule has 168 valence electrons. The molecule has 0 spiro atoms. The maximum absolute atomic E-state index is 14.3. The molecule has 0 radical (unpaired) electrons. The van der Waals surface area contributed by atoms with E-state index in [0.29, 0.717) is 0 Å². The molecule has 4 N–H and O–H groups in total. The lowest BCUT2D eigenvalue weighted by atomic mass is 9.88. The summed E-state index contributed by atoms with van der Waals surface area (Å²) in [6, 6.07) is 0. The van der Waals surface area contributed by atoms with Crippen LogP contribution in [0.3, 0.4) is 0 Å². The standard InChI is InChI=1S/C17H4F6O9/c18-7-3(1(14(25)26)5(16(29)30)9(20)11(7)22)13(24)4-2(15(27)28)6(17(31)32)10(21)12(23)8(4)19/h(H,25,26)(H,27,28)(H,29,30)(H,31,32). The number of ketones is 1. The minimum Gasteiger partial charge on any atom is -0.478 e. The van der Waals surface area contributed by atoms with Gasteiger partial charge in [0.2, 0.25) is 5.78 Å². The molecule has 0 aromatic heterocycles. The van der Waals surface area contributed by atoms with Crippen molar-refractivity contribution >= 4 is 29.7 Å². The summed E-state index contributed by atoms with van der Waals surface area (Å²) in [6.07, 6.45) is 0. The average Bonchev–Trinajstić information content (AvgIpc) is 2.68. The van der Waals surface area contributed by atoms with E-state index in [2.05, 4.69) is 0 Å². The fraction of sp³-hybridized carbons (Fsp3) is 0. The van der Waals surface area contributed by atoms with Crippen molar-refractivity contribution in [2.75, 3.05) is 0 Å². The summed E-state index contributed by atoms with van der Waals surface area (Å²) in [7, 11) is 0. The van der Waals surface area contributed by atoms with Crippen LogP contribution in [0.1, 0.15) is 57.4 Å². The molecule has 0 unspecified atom stereocenters. The molecule has 0 aliphatic carbocycles. The van der Waals surface area contributed by atoms with Gasteiger partial charge in [0, 0.05) is 0 Å². The topological polar surface area (TPSA) is 166 Å². The van der Waals surface area contributed by atoms with E-state index < -0.39 is 97.9 Å². The van der Waals surface area contributed by atoms with Crippen LogP contribution in [0.5, 0.6) is 0 Å². The highest BCUT2D eigenvalue weighted by Crippen LogP contribution is 2.32. The summed E-state index contributed by atoms with van der Waals surface area (Å²) in [5.74, 6) is -29.3. The van der Waals surface area contributed by atoms with Crippen molar-refractivity contribution in [1.82, 2.24) is 0 Å². The van der Waals surface area contributed by atoms with Gasteiger partial charge < -0.3 is 20.4 Å². The molecule has 0 atom stereocenters. The van der Waals surface area contributed by atoms with Crippen molar-refractivity contribution in [3.63, 3.8) is 0 Å².